The second-order valence-corrected chi connectivity index (χ2v) is 3.59. The molecule has 0 aromatic carbocycles. The number of nitrogens with zero attached hydrogens (tertiary/aromatic N) is 1. The third-order valence-electron chi connectivity index (χ3n) is 2.46. The molecule has 0 spiro atoms. The molecule has 0 unspecified atom stereocenters. The monoisotopic (exact) mass is 206 g/mol. The lowest BCUT2D eigenvalue weighted by Crippen LogP contribution is -2.13. The van der Waals surface area contributed by atoms with E-state index in [9.17, 15) is 0 Å². The maximum absolute atomic E-state index is 4.59. The van der Waals surface area contributed by atoms with Gasteiger partial charge < -0.3 is 5.32 Å². The zero-order valence-electron chi connectivity index (χ0n) is 10.1. The quantitative estimate of drug-likeness (QED) is 0.802. The van der Waals surface area contributed by atoms with Crippen LogP contribution in [-0.4, -0.2) is 11.5 Å². The molecule has 0 amide bonds. The Kier molecular flexibility index (Phi) is 5.16. The molecule has 15 heavy (non-hydrogen) atoms. The normalized spacial score (nSPS) is 13.3. The minimum atomic E-state index is 1.08. The van der Waals surface area contributed by atoms with E-state index < -0.39 is 0 Å². The predicted molar refractivity (Wildman–Crippen MR) is 66.4 cm³/mol. The van der Waals surface area contributed by atoms with Crippen molar-refractivity contribution in [2.45, 2.75) is 46.5 Å². The Morgan fingerprint density at radius 1 is 1.33 bits per heavy atom. The van der Waals surface area contributed by atoms with Crippen LogP contribution in [0.25, 0.3) is 0 Å². The third kappa shape index (κ3) is 3.22. The minimum Gasteiger partial charge on any atom is -0.370 e. The second-order valence-electron chi connectivity index (χ2n) is 3.59. The lowest BCUT2D eigenvalue weighted by atomic mass is 10.1. The Morgan fingerprint density at radius 3 is 2.87 bits per heavy atom. The van der Waals surface area contributed by atoms with Crippen LogP contribution < -0.4 is 5.32 Å². The number of aromatic nitrogens is 1. The van der Waals surface area contributed by atoms with Crippen LogP contribution in [0.5, 0.6) is 0 Å². The first-order valence-electron chi connectivity index (χ1n) is 6.13. The van der Waals surface area contributed by atoms with Crippen molar-refractivity contribution >= 4 is 5.82 Å². The first-order valence-corrected chi connectivity index (χ1v) is 6.13. The summed E-state index contributed by atoms with van der Waals surface area (Å²) in [4.78, 5) is 4.59. The van der Waals surface area contributed by atoms with Gasteiger partial charge in [0.05, 0.1) is 0 Å². The van der Waals surface area contributed by atoms with Gasteiger partial charge in [-0.3, -0.25) is 0 Å². The summed E-state index contributed by atoms with van der Waals surface area (Å²) in [6.07, 6.45) is 4.68. The maximum Gasteiger partial charge on any atom is 0.129 e. The molecule has 1 N–H and O–H groups in total. The molecule has 1 aliphatic heterocycles. The van der Waals surface area contributed by atoms with Gasteiger partial charge >= 0.3 is 0 Å². The molecule has 2 heterocycles. The van der Waals surface area contributed by atoms with Crippen molar-refractivity contribution in [3.63, 3.8) is 0 Å². The first kappa shape index (κ1) is 12.0. The van der Waals surface area contributed by atoms with Crippen molar-refractivity contribution in [2.75, 3.05) is 11.9 Å². The Morgan fingerprint density at radius 2 is 2.13 bits per heavy atom. The van der Waals surface area contributed by atoms with E-state index in [0.29, 0.717) is 0 Å². The molecule has 0 bridgehead atoms. The first-order chi connectivity index (χ1) is 7.40. The topological polar surface area (TPSA) is 24.9 Å². The van der Waals surface area contributed by atoms with Gasteiger partial charge in [0.25, 0.3) is 0 Å². The van der Waals surface area contributed by atoms with E-state index in [4.69, 9.17) is 0 Å². The highest BCUT2D eigenvalue weighted by molar-refractivity contribution is 5.46. The number of aryl methyl sites for hydroxylation is 2. The van der Waals surface area contributed by atoms with Gasteiger partial charge in [-0.1, -0.05) is 33.3 Å². The molecular weight excluding hydrogens is 184 g/mol. The van der Waals surface area contributed by atoms with Crippen LogP contribution in [0.4, 0.5) is 5.82 Å². The molecule has 1 aliphatic rings. The van der Waals surface area contributed by atoms with Crippen LogP contribution in [-0.2, 0) is 12.8 Å². The molecule has 0 fully saturated rings. The summed E-state index contributed by atoms with van der Waals surface area (Å²) in [5.41, 5.74) is 2.60. The maximum atomic E-state index is 4.59. The van der Waals surface area contributed by atoms with Crippen molar-refractivity contribution in [3.05, 3.63) is 23.4 Å². The van der Waals surface area contributed by atoms with E-state index in [-0.39, 0.29) is 0 Å². The Labute approximate surface area is 93.1 Å². The molecular formula is C13H22N2. The number of anilines is 1. The smallest absolute Gasteiger partial charge is 0.129 e. The Hall–Kier alpha value is -1.05. The van der Waals surface area contributed by atoms with Crippen LogP contribution in [0.15, 0.2) is 12.1 Å². The minimum absolute atomic E-state index is 1.08. The summed E-state index contributed by atoms with van der Waals surface area (Å²) in [5.74, 6) is 1.12. The molecule has 0 radical (unpaired) electrons. The third-order valence-corrected chi connectivity index (χ3v) is 2.46. The van der Waals surface area contributed by atoms with Gasteiger partial charge in [0, 0.05) is 12.2 Å². The second kappa shape index (κ2) is 6.44. The van der Waals surface area contributed by atoms with Gasteiger partial charge in [0.2, 0.25) is 0 Å². The molecule has 2 rings (SSSR count). The molecule has 0 saturated heterocycles. The fourth-order valence-electron chi connectivity index (χ4n) is 1.76. The van der Waals surface area contributed by atoms with Crippen molar-refractivity contribution in [1.29, 1.82) is 0 Å². The molecule has 0 aliphatic carbocycles. The van der Waals surface area contributed by atoms with Crippen LogP contribution in [0.3, 0.4) is 0 Å². The summed E-state index contributed by atoms with van der Waals surface area (Å²) in [6, 6.07) is 4.38. The largest absolute Gasteiger partial charge is 0.370 e. The lowest BCUT2D eigenvalue weighted by molar-refractivity contribution is 0.803. The fraction of sp³-hybridized carbons (Fsp3) is 0.615. The average molecular weight is 206 g/mol. The number of pyridine rings is 1. The van der Waals surface area contributed by atoms with E-state index in [1.165, 1.54) is 30.5 Å². The molecule has 2 nitrogen and oxygen atoms in total. The number of nitrogens with one attached hydrogen (secondary N) is 1. The summed E-state index contributed by atoms with van der Waals surface area (Å²) in [5, 5.41) is 3.35. The van der Waals surface area contributed by atoms with E-state index >= 15 is 0 Å². The molecule has 1 aromatic heterocycles. The van der Waals surface area contributed by atoms with Gasteiger partial charge in [-0.05, 0) is 30.9 Å². The average Bonchev–Trinajstić information content (AvgIpc) is 2.32. The van der Waals surface area contributed by atoms with E-state index in [2.05, 4.69) is 29.4 Å². The van der Waals surface area contributed by atoms with Crippen molar-refractivity contribution in [2.24, 2.45) is 0 Å². The molecule has 2 heteroatoms. The lowest BCUT2D eigenvalue weighted by Gasteiger charge is -2.17. The number of hydrogen-bond acceptors (Lipinski definition) is 2. The van der Waals surface area contributed by atoms with Crippen molar-refractivity contribution in [1.82, 2.24) is 4.98 Å². The van der Waals surface area contributed by atoms with Crippen LogP contribution >= 0.6 is 0 Å². The molecule has 0 saturated carbocycles. The molecule has 1 aromatic rings. The van der Waals surface area contributed by atoms with Gasteiger partial charge in [-0.15, -0.1) is 0 Å². The van der Waals surface area contributed by atoms with Crippen molar-refractivity contribution < 1.29 is 0 Å². The van der Waals surface area contributed by atoms with E-state index in [1.54, 1.807) is 0 Å². The predicted octanol–water partition coefficient (Wildman–Crippen LogP) is 3.42. The SMILES string of the molecule is CC.CCCc1ccc2c(n1)NCCC2. The molecule has 84 valence electrons. The Balaban J connectivity index is 0.000000531. The van der Waals surface area contributed by atoms with Gasteiger partial charge in [0.1, 0.15) is 5.82 Å². The highest BCUT2D eigenvalue weighted by Crippen LogP contribution is 2.19. The summed E-state index contributed by atoms with van der Waals surface area (Å²) in [7, 11) is 0. The van der Waals surface area contributed by atoms with Gasteiger partial charge in [-0.2, -0.15) is 0 Å². The van der Waals surface area contributed by atoms with Gasteiger partial charge in [-0.25, -0.2) is 4.98 Å². The van der Waals surface area contributed by atoms with Gasteiger partial charge in [0.15, 0.2) is 0 Å². The highest BCUT2D eigenvalue weighted by Gasteiger charge is 2.09. The molecule has 0 atom stereocenters. The summed E-state index contributed by atoms with van der Waals surface area (Å²) >= 11 is 0. The summed E-state index contributed by atoms with van der Waals surface area (Å²) < 4.78 is 0. The van der Waals surface area contributed by atoms with Crippen LogP contribution in [0.2, 0.25) is 0 Å². The van der Waals surface area contributed by atoms with Crippen molar-refractivity contribution in [3.8, 4) is 0 Å². The van der Waals surface area contributed by atoms with Crippen LogP contribution in [0.1, 0.15) is 44.9 Å². The number of fused-ring (bicyclic) bond motifs is 1. The van der Waals surface area contributed by atoms with E-state index in [1.807, 2.05) is 13.8 Å². The highest BCUT2D eigenvalue weighted by atomic mass is 15.0. The number of rotatable bonds is 2. The standard InChI is InChI=1S/C11H16N2.C2H6/c1-2-4-10-7-6-9-5-3-8-12-11(9)13-10;1-2/h6-7H,2-5,8H2,1H3,(H,12,13);1-2H3. The zero-order chi connectivity index (χ0) is 11.1. The van der Waals surface area contributed by atoms with E-state index in [0.717, 1.165) is 18.8 Å². The van der Waals surface area contributed by atoms with Crippen LogP contribution in [0, 0.1) is 0 Å². The fourth-order valence-corrected chi connectivity index (χ4v) is 1.76. The number of hydrogen-bond donors (Lipinski definition) is 1. The zero-order valence-corrected chi connectivity index (χ0v) is 10.1. The Bertz CT molecular complexity index is 295. The summed E-state index contributed by atoms with van der Waals surface area (Å²) in [6.45, 7) is 7.27.